The van der Waals surface area contributed by atoms with E-state index in [9.17, 15) is 0 Å². The van der Waals surface area contributed by atoms with E-state index in [2.05, 4.69) is 44.2 Å². The van der Waals surface area contributed by atoms with Crippen molar-refractivity contribution in [2.75, 3.05) is 5.43 Å². The van der Waals surface area contributed by atoms with E-state index in [1.54, 1.807) is 0 Å². The monoisotopic (exact) mass is 247 g/mol. The van der Waals surface area contributed by atoms with Crippen LogP contribution in [0.25, 0.3) is 0 Å². The van der Waals surface area contributed by atoms with Gasteiger partial charge in [-0.1, -0.05) is 28.8 Å². The van der Waals surface area contributed by atoms with Gasteiger partial charge in [-0.25, -0.2) is 5.84 Å². The second-order valence-electron chi connectivity index (χ2n) is 4.11. The SMILES string of the molecule is NNc1snnc1CN1Cc2ccccc2C1. The summed E-state index contributed by atoms with van der Waals surface area (Å²) in [6, 6.07) is 8.52. The minimum atomic E-state index is 0.782. The van der Waals surface area contributed by atoms with Gasteiger partial charge >= 0.3 is 0 Å². The molecule has 2 aromatic rings. The predicted molar refractivity (Wildman–Crippen MR) is 67.1 cm³/mol. The lowest BCUT2D eigenvalue weighted by Crippen LogP contribution is -2.17. The van der Waals surface area contributed by atoms with Gasteiger partial charge in [0.05, 0.1) is 0 Å². The highest BCUT2D eigenvalue weighted by Gasteiger charge is 2.20. The summed E-state index contributed by atoms with van der Waals surface area (Å²) in [4.78, 5) is 2.34. The fourth-order valence-electron chi connectivity index (χ4n) is 2.15. The molecule has 0 unspecified atom stereocenters. The number of nitrogens with one attached hydrogen (secondary N) is 1. The van der Waals surface area contributed by atoms with Gasteiger partial charge in [-0.15, -0.1) is 5.10 Å². The first-order valence-corrected chi connectivity index (χ1v) is 6.21. The van der Waals surface area contributed by atoms with E-state index in [1.807, 2.05) is 0 Å². The molecule has 3 N–H and O–H groups in total. The standard InChI is InChI=1S/C11H13N5S/c12-13-11-10(14-15-17-11)7-16-5-8-3-1-2-4-9(8)6-16/h1-4,13H,5-7,12H2. The van der Waals surface area contributed by atoms with Crippen molar-refractivity contribution < 1.29 is 0 Å². The Labute approximate surface area is 103 Å². The number of aromatic nitrogens is 2. The van der Waals surface area contributed by atoms with Crippen LogP contribution in [0, 0.1) is 0 Å². The van der Waals surface area contributed by atoms with E-state index in [1.165, 1.54) is 22.7 Å². The van der Waals surface area contributed by atoms with E-state index in [0.29, 0.717) is 0 Å². The van der Waals surface area contributed by atoms with Gasteiger partial charge in [0.15, 0.2) is 0 Å². The summed E-state index contributed by atoms with van der Waals surface area (Å²) in [5.41, 5.74) is 6.36. The first kappa shape index (κ1) is 10.6. The molecule has 0 fully saturated rings. The average Bonchev–Trinajstić information content (AvgIpc) is 2.94. The molecule has 3 rings (SSSR count). The zero-order chi connectivity index (χ0) is 11.7. The Morgan fingerprint density at radius 3 is 2.65 bits per heavy atom. The fraction of sp³-hybridized carbons (Fsp3) is 0.273. The summed E-state index contributed by atoms with van der Waals surface area (Å²) in [5, 5.41) is 4.95. The van der Waals surface area contributed by atoms with Crippen LogP contribution in [-0.4, -0.2) is 14.5 Å². The highest BCUT2D eigenvalue weighted by molar-refractivity contribution is 7.10. The van der Waals surface area contributed by atoms with Gasteiger partial charge in [-0.3, -0.25) is 4.90 Å². The predicted octanol–water partition coefficient (Wildman–Crippen LogP) is 1.34. The van der Waals surface area contributed by atoms with E-state index in [-0.39, 0.29) is 0 Å². The van der Waals surface area contributed by atoms with Gasteiger partial charge in [0.25, 0.3) is 0 Å². The number of hydrogen-bond donors (Lipinski definition) is 2. The number of benzene rings is 1. The highest BCUT2D eigenvalue weighted by Crippen LogP contribution is 2.26. The second-order valence-corrected chi connectivity index (χ2v) is 4.86. The van der Waals surface area contributed by atoms with Crippen LogP contribution in [0.15, 0.2) is 24.3 Å². The minimum Gasteiger partial charge on any atom is -0.313 e. The van der Waals surface area contributed by atoms with Crippen molar-refractivity contribution in [3.63, 3.8) is 0 Å². The molecule has 0 spiro atoms. The Kier molecular flexibility index (Phi) is 2.76. The Morgan fingerprint density at radius 1 is 1.29 bits per heavy atom. The molecule has 0 radical (unpaired) electrons. The van der Waals surface area contributed by atoms with Crippen LogP contribution < -0.4 is 11.3 Å². The summed E-state index contributed by atoms with van der Waals surface area (Å²) < 4.78 is 3.91. The number of hydrogen-bond acceptors (Lipinski definition) is 6. The Bertz CT molecular complexity index is 499. The molecule has 0 saturated heterocycles. The van der Waals surface area contributed by atoms with E-state index in [4.69, 9.17) is 5.84 Å². The third-order valence-electron chi connectivity index (χ3n) is 2.97. The lowest BCUT2D eigenvalue weighted by Gasteiger charge is -2.13. The highest BCUT2D eigenvalue weighted by atomic mass is 32.1. The maximum atomic E-state index is 5.42. The largest absolute Gasteiger partial charge is 0.313 e. The lowest BCUT2D eigenvalue weighted by atomic mass is 10.1. The van der Waals surface area contributed by atoms with E-state index < -0.39 is 0 Å². The topological polar surface area (TPSA) is 67.1 Å². The number of fused-ring (bicyclic) bond motifs is 1. The van der Waals surface area contributed by atoms with Gasteiger partial charge < -0.3 is 5.43 Å². The third-order valence-corrected chi connectivity index (χ3v) is 3.67. The lowest BCUT2D eigenvalue weighted by molar-refractivity contribution is 0.272. The van der Waals surface area contributed by atoms with Crippen LogP contribution in [0.4, 0.5) is 5.00 Å². The molecule has 2 heterocycles. The molecular weight excluding hydrogens is 234 g/mol. The maximum Gasteiger partial charge on any atom is 0.148 e. The van der Waals surface area contributed by atoms with Crippen LogP contribution in [0.2, 0.25) is 0 Å². The molecule has 88 valence electrons. The molecule has 1 aromatic heterocycles. The minimum absolute atomic E-state index is 0.782. The molecule has 1 aliphatic rings. The Hall–Kier alpha value is -1.50. The van der Waals surface area contributed by atoms with Crippen LogP contribution in [0.3, 0.4) is 0 Å². The van der Waals surface area contributed by atoms with Crippen molar-refractivity contribution in [1.29, 1.82) is 0 Å². The van der Waals surface area contributed by atoms with Crippen molar-refractivity contribution in [2.45, 2.75) is 19.6 Å². The maximum absolute atomic E-state index is 5.42. The summed E-state index contributed by atoms with van der Waals surface area (Å²) >= 11 is 1.29. The summed E-state index contributed by atoms with van der Waals surface area (Å²) in [6.45, 7) is 2.72. The number of rotatable bonds is 3. The van der Waals surface area contributed by atoms with Gasteiger partial charge in [-0.2, -0.15) is 0 Å². The molecule has 0 atom stereocenters. The van der Waals surface area contributed by atoms with E-state index in [0.717, 1.165) is 30.3 Å². The van der Waals surface area contributed by atoms with Crippen molar-refractivity contribution in [2.24, 2.45) is 5.84 Å². The molecule has 1 aromatic carbocycles. The fourth-order valence-corrected chi connectivity index (χ4v) is 2.63. The van der Waals surface area contributed by atoms with Crippen molar-refractivity contribution in [3.8, 4) is 0 Å². The first-order valence-electron chi connectivity index (χ1n) is 5.44. The normalized spacial score (nSPS) is 14.9. The quantitative estimate of drug-likeness (QED) is 0.633. The molecule has 0 amide bonds. The Balaban J connectivity index is 1.74. The number of hydrazine groups is 1. The molecule has 1 aliphatic heterocycles. The first-order chi connectivity index (χ1) is 8.36. The number of nitrogen functional groups attached to an aromatic ring is 1. The van der Waals surface area contributed by atoms with Gasteiger partial charge in [-0.05, 0) is 11.1 Å². The van der Waals surface area contributed by atoms with Crippen LogP contribution >= 0.6 is 11.5 Å². The zero-order valence-corrected chi connectivity index (χ0v) is 10.1. The molecule has 0 bridgehead atoms. The summed E-state index contributed by atoms with van der Waals surface area (Å²) in [5.74, 6) is 5.42. The molecule has 0 aliphatic carbocycles. The molecule has 17 heavy (non-hydrogen) atoms. The summed E-state index contributed by atoms with van der Waals surface area (Å²) in [7, 11) is 0. The number of anilines is 1. The molecule has 0 saturated carbocycles. The van der Waals surface area contributed by atoms with Crippen LogP contribution in [0.5, 0.6) is 0 Å². The van der Waals surface area contributed by atoms with Crippen LogP contribution in [-0.2, 0) is 19.6 Å². The molecular formula is C11H13N5S. The number of nitrogens with two attached hydrogens (primary N) is 1. The van der Waals surface area contributed by atoms with Gasteiger partial charge in [0.1, 0.15) is 10.7 Å². The van der Waals surface area contributed by atoms with Gasteiger partial charge in [0.2, 0.25) is 0 Å². The smallest absolute Gasteiger partial charge is 0.148 e. The Morgan fingerprint density at radius 2 is 2.00 bits per heavy atom. The van der Waals surface area contributed by atoms with Crippen molar-refractivity contribution in [1.82, 2.24) is 14.5 Å². The van der Waals surface area contributed by atoms with Gasteiger partial charge in [0, 0.05) is 31.2 Å². The molecule has 6 heteroatoms. The third kappa shape index (κ3) is 2.02. The molecule has 5 nitrogen and oxygen atoms in total. The average molecular weight is 247 g/mol. The van der Waals surface area contributed by atoms with Crippen LogP contribution in [0.1, 0.15) is 16.8 Å². The summed E-state index contributed by atoms with van der Waals surface area (Å²) in [6.07, 6.45) is 0. The zero-order valence-electron chi connectivity index (χ0n) is 9.26. The second kappa shape index (κ2) is 4.40. The van der Waals surface area contributed by atoms with E-state index >= 15 is 0 Å². The number of nitrogens with zero attached hydrogens (tertiary/aromatic N) is 3. The van der Waals surface area contributed by atoms with Crippen molar-refractivity contribution in [3.05, 3.63) is 41.1 Å². The van der Waals surface area contributed by atoms with Crippen molar-refractivity contribution >= 4 is 16.5 Å².